The molecule has 0 fully saturated rings. The van der Waals surface area contributed by atoms with Crippen LogP contribution >= 0.6 is 11.6 Å². The van der Waals surface area contributed by atoms with E-state index in [1.807, 2.05) is 13.0 Å². The van der Waals surface area contributed by atoms with Gasteiger partial charge in [-0.25, -0.2) is 0 Å². The van der Waals surface area contributed by atoms with Crippen LogP contribution < -0.4 is 4.74 Å². The van der Waals surface area contributed by atoms with E-state index >= 15 is 0 Å². The maximum absolute atomic E-state index is 10.8. The lowest BCUT2D eigenvalue weighted by Crippen LogP contribution is -2.13. The van der Waals surface area contributed by atoms with Gasteiger partial charge in [-0.2, -0.15) is 0 Å². The smallest absolute Gasteiger partial charge is 0.306 e. The van der Waals surface area contributed by atoms with Gasteiger partial charge < -0.3 is 9.84 Å². The highest BCUT2D eigenvalue weighted by atomic mass is 35.5. The lowest BCUT2D eigenvalue weighted by molar-refractivity contribution is -0.141. The molecule has 0 aliphatic carbocycles. The van der Waals surface area contributed by atoms with Crippen LogP contribution in [0.1, 0.15) is 18.1 Å². The lowest BCUT2D eigenvalue weighted by atomic mass is 9.99. The second-order valence-electron chi connectivity index (χ2n) is 3.88. The minimum Gasteiger partial charge on any atom is -0.495 e. The number of methoxy groups -OCH3 is 1. The highest BCUT2D eigenvalue weighted by Gasteiger charge is 2.16. The van der Waals surface area contributed by atoms with Crippen LogP contribution in [0.3, 0.4) is 0 Å². The van der Waals surface area contributed by atoms with Crippen LogP contribution in [-0.4, -0.2) is 18.2 Å². The number of benzene rings is 1. The fourth-order valence-corrected chi connectivity index (χ4v) is 1.97. The predicted octanol–water partition coefficient (Wildman–Crippen LogP) is 2.92. The summed E-state index contributed by atoms with van der Waals surface area (Å²) in [5.74, 6) is -0.702. The number of carboxylic acids is 1. The van der Waals surface area contributed by atoms with Gasteiger partial charge in [0, 0.05) is 0 Å². The first-order valence-corrected chi connectivity index (χ1v) is 5.39. The molecule has 0 aliphatic rings. The van der Waals surface area contributed by atoms with Crippen LogP contribution in [0.25, 0.3) is 0 Å². The minimum atomic E-state index is -0.820. The largest absolute Gasteiger partial charge is 0.495 e. The number of halogens is 1. The molecule has 1 unspecified atom stereocenters. The van der Waals surface area contributed by atoms with E-state index in [0.29, 0.717) is 17.2 Å². The van der Waals surface area contributed by atoms with E-state index in [-0.39, 0.29) is 0 Å². The molecule has 0 aromatic heterocycles. The van der Waals surface area contributed by atoms with Crippen molar-refractivity contribution >= 4 is 17.6 Å². The Bertz CT molecular complexity index is 401. The van der Waals surface area contributed by atoms with Crippen LogP contribution in [0.5, 0.6) is 5.75 Å². The van der Waals surface area contributed by atoms with Crippen molar-refractivity contribution in [1.29, 1.82) is 0 Å². The van der Waals surface area contributed by atoms with Gasteiger partial charge in [-0.3, -0.25) is 4.79 Å². The molecule has 0 amide bonds. The number of ether oxygens (including phenoxy) is 1. The van der Waals surface area contributed by atoms with Gasteiger partial charge in [-0.05, 0) is 30.5 Å². The number of hydrogen-bond donors (Lipinski definition) is 1. The van der Waals surface area contributed by atoms with Crippen molar-refractivity contribution in [3.63, 3.8) is 0 Å². The highest BCUT2D eigenvalue weighted by Crippen LogP contribution is 2.31. The molecule has 0 bridgehead atoms. The number of carboxylic acid groups (broad SMARTS) is 1. The van der Waals surface area contributed by atoms with E-state index in [2.05, 4.69) is 0 Å². The summed E-state index contributed by atoms with van der Waals surface area (Å²) in [7, 11) is 1.53. The Hall–Kier alpha value is -1.22. The molecule has 1 atom stereocenters. The third-order valence-corrected chi connectivity index (χ3v) is 2.70. The molecule has 0 aliphatic heterocycles. The van der Waals surface area contributed by atoms with Crippen LogP contribution in [0.2, 0.25) is 5.02 Å². The Morgan fingerprint density at radius 3 is 2.69 bits per heavy atom. The molecule has 0 radical (unpaired) electrons. The second-order valence-corrected chi connectivity index (χ2v) is 4.29. The number of aryl methyl sites for hydroxylation is 1. The van der Waals surface area contributed by atoms with E-state index in [1.54, 1.807) is 13.0 Å². The van der Waals surface area contributed by atoms with Gasteiger partial charge in [0.25, 0.3) is 0 Å². The Labute approximate surface area is 100.0 Å². The van der Waals surface area contributed by atoms with E-state index in [0.717, 1.165) is 11.1 Å². The summed E-state index contributed by atoms with van der Waals surface area (Å²) < 4.78 is 5.19. The highest BCUT2D eigenvalue weighted by molar-refractivity contribution is 6.32. The molecule has 0 heterocycles. The molecular weight excluding hydrogens is 228 g/mol. The molecule has 0 saturated carbocycles. The predicted molar refractivity (Wildman–Crippen MR) is 63.2 cm³/mol. The topological polar surface area (TPSA) is 46.5 Å². The molecule has 1 N–H and O–H groups in total. The van der Waals surface area contributed by atoms with Crippen molar-refractivity contribution in [2.45, 2.75) is 20.3 Å². The molecule has 4 heteroatoms. The lowest BCUT2D eigenvalue weighted by Gasteiger charge is -2.13. The van der Waals surface area contributed by atoms with Gasteiger partial charge in [-0.15, -0.1) is 0 Å². The molecule has 88 valence electrons. The molecule has 3 nitrogen and oxygen atoms in total. The van der Waals surface area contributed by atoms with Crippen LogP contribution in [0.15, 0.2) is 12.1 Å². The summed E-state index contributed by atoms with van der Waals surface area (Å²) in [6, 6.07) is 3.71. The molecule has 16 heavy (non-hydrogen) atoms. The third kappa shape index (κ3) is 2.89. The third-order valence-electron chi connectivity index (χ3n) is 2.42. The Morgan fingerprint density at radius 2 is 2.19 bits per heavy atom. The van der Waals surface area contributed by atoms with Gasteiger partial charge in [0.1, 0.15) is 5.75 Å². The quantitative estimate of drug-likeness (QED) is 0.883. The summed E-state index contributed by atoms with van der Waals surface area (Å²) in [6.07, 6.45) is 0.417. The van der Waals surface area contributed by atoms with Gasteiger partial charge >= 0.3 is 5.97 Å². The number of rotatable bonds is 4. The zero-order chi connectivity index (χ0) is 12.3. The van der Waals surface area contributed by atoms with Crippen LogP contribution in [0.4, 0.5) is 0 Å². The average Bonchev–Trinajstić information content (AvgIpc) is 2.16. The SMILES string of the molecule is COc1c(Cl)cc(C)cc1CC(C)C(=O)O. The summed E-state index contributed by atoms with van der Waals surface area (Å²) in [5, 5.41) is 9.39. The van der Waals surface area contributed by atoms with Gasteiger partial charge in [0.2, 0.25) is 0 Å². The molecule has 0 spiro atoms. The van der Waals surface area contributed by atoms with Gasteiger partial charge in [-0.1, -0.05) is 24.6 Å². The Kier molecular flexibility index (Phi) is 4.19. The first-order valence-electron chi connectivity index (χ1n) is 5.01. The van der Waals surface area contributed by atoms with Gasteiger partial charge in [0.15, 0.2) is 0 Å². The van der Waals surface area contributed by atoms with Crippen molar-refractivity contribution in [2.75, 3.05) is 7.11 Å². The maximum Gasteiger partial charge on any atom is 0.306 e. The fraction of sp³-hybridized carbons (Fsp3) is 0.417. The number of carbonyl (C=O) groups is 1. The molecule has 0 saturated heterocycles. The van der Waals surface area contributed by atoms with E-state index < -0.39 is 11.9 Å². The summed E-state index contributed by atoms with van der Waals surface area (Å²) in [4.78, 5) is 10.8. The van der Waals surface area contributed by atoms with E-state index in [9.17, 15) is 4.79 Å². The normalized spacial score (nSPS) is 12.2. The first-order chi connectivity index (χ1) is 7.45. The number of hydrogen-bond acceptors (Lipinski definition) is 2. The Morgan fingerprint density at radius 1 is 1.56 bits per heavy atom. The maximum atomic E-state index is 10.8. The van der Waals surface area contributed by atoms with Gasteiger partial charge in [0.05, 0.1) is 18.1 Å². The minimum absolute atomic E-state index is 0.417. The number of aliphatic carboxylic acids is 1. The van der Waals surface area contributed by atoms with Crippen LogP contribution in [0, 0.1) is 12.8 Å². The molecular formula is C12H15ClO3. The second kappa shape index (κ2) is 5.21. The fourth-order valence-electron chi connectivity index (χ4n) is 1.60. The van der Waals surface area contributed by atoms with Crippen molar-refractivity contribution in [3.05, 3.63) is 28.3 Å². The molecule has 1 rings (SSSR count). The first kappa shape index (κ1) is 12.8. The summed E-state index contributed by atoms with van der Waals surface area (Å²) in [6.45, 7) is 3.58. The van der Waals surface area contributed by atoms with Crippen LogP contribution in [-0.2, 0) is 11.2 Å². The van der Waals surface area contributed by atoms with E-state index in [4.69, 9.17) is 21.4 Å². The Balaban J connectivity index is 3.07. The van der Waals surface area contributed by atoms with Crippen molar-refractivity contribution < 1.29 is 14.6 Å². The van der Waals surface area contributed by atoms with Crippen molar-refractivity contribution in [2.24, 2.45) is 5.92 Å². The molecule has 1 aromatic rings. The summed E-state index contributed by atoms with van der Waals surface area (Å²) >= 11 is 6.03. The zero-order valence-corrected chi connectivity index (χ0v) is 10.3. The average molecular weight is 243 g/mol. The zero-order valence-electron chi connectivity index (χ0n) is 9.58. The van der Waals surface area contributed by atoms with E-state index in [1.165, 1.54) is 7.11 Å². The molecule has 1 aromatic carbocycles. The summed E-state index contributed by atoms with van der Waals surface area (Å²) in [5.41, 5.74) is 1.83. The monoisotopic (exact) mass is 242 g/mol. The van der Waals surface area contributed by atoms with Crippen molar-refractivity contribution in [1.82, 2.24) is 0 Å². The van der Waals surface area contributed by atoms with Crippen molar-refractivity contribution in [3.8, 4) is 5.75 Å². The standard InChI is InChI=1S/C12H15ClO3/c1-7-4-9(6-8(2)12(14)15)11(16-3)10(13)5-7/h4-5,8H,6H2,1-3H3,(H,14,15).